The highest BCUT2D eigenvalue weighted by Crippen LogP contribution is 2.22. The average molecular weight is 471 g/mol. The largest absolute Gasteiger partial charge is 0.379 e. The van der Waals surface area contributed by atoms with Crippen LogP contribution in [0.1, 0.15) is 27.8 Å². The van der Waals surface area contributed by atoms with E-state index in [2.05, 4.69) is 15.3 Å². The number of hydrogen-bond donors (Lipinski definition) is 1. The van der Waals surface area contributed by atoms with Crippen LogP contribution < -0.4 is 10.7 Å². The monoisotopic (exact) mass is 470 g/mol. The number of nitrogens with one attached hydrogen (secondary N) is 1. The molecule has 1 aliphatic rings. The molecule has 7 nitrogen and oxygen atoms in total. The number of nitrogens with zero attached hydrogens (tertiary/aromatic N) is 3. The number of halogens is 2. The van der Waals surface area contributed by atoms with Crippen LogP contribution in [0.4, 0.5) is 4.39 Å². The normalized spacial score (nSPS) is 15.2. The molecule has 1 fully saturated rings. The SMILES string of the molecule is Cc1cc(=O)c(C(=O)NCC(c2ccc(F)cc2)N2CCOCC2)nn1-c1ccccc1Cl. The second-order valence-electron chi connectivity index (χ2n) is 7.79. The second kappa shape index (κ2) is 10.2. The number of carbonyl (C=O) groups excluding carboxylic acids is 1. The third-order valence-corrected chi connectivity index (χ3v) is 5.92. The number of morpholine rings is 1. The van der Waals surface area contributed by atoms with Crippen molar-refractivity contribution in [1.82, 2.24) is 20.0 Å². The molecule has 33 heavy (non-hydrogen) atoms. The molecule has 1 atom stereocenters. The smallest absolute Gasteiger partial charge is 0.275 e. The van der Waals surface area contributed by atoms with Gasteiger partial charge < -0.3 is 10.1 Å². The van der Waals surface area contributed by atoms with Gasteiger partial charge in [-0.25, -0.2) is 9.07 Å². The lowest BCUT2D eigenvalue weighted by Gasteiger charge is -2.34. The van der Waals surface area contributed by atoms with Crippen LogP contribution in [-0.2, 0) is 4.74 Å². The van der Waals surface area contributed by atoms with Gasteiger partial charge in [0, 0.05) is 31.4 Å². The lowest BCUT2D eigenvalue weighted by atomic mass is 10.0. The summed E-state index contributed by atoms with van der Waals surface area (Å²) in [6.07, 6.45) is 0. The first-order valence-electron chi connectivity index (χ1n) is 10.7. The Morgan fingerprint density at radius 3 is 2.58 bits per heavy atom. The third-order valence-electron chi connectivity index (χ3n) is 5.60. The Balaban J connectivity index is 1.58. The van der Waals surface area contributed by atoms with E-state index in [1.807, 2.05) is 0 Å². The fourth-order valence-electron chi connectivity index (χ4n) is 3.88. The van der Waals surface area contributed by atoms with Crippen molar-refractivity contribution in [1.29, 1.82) is 0 Å². The van der Waals surface area contributed by atoms with Crippen molar-refractivity contribution in [3.8, 4) is 5.69 Å². The number of carbonyl (C=O) groups is 1. The van der Waals surface area contributed by atoms with E-state index in [9.17, 15) is 14.0 Å². The van der Waals surface area contributed by atoms with E-state index in [0.29, 0.717) is 42.7 Å². The van der Waals surface area contributed by atoms with Crippen LogP contribution in [0, 0.1) is 12.7 Å². The summed E-state index contributed by atoms with van der Waals surface area (Å²) in [7, 11) is 0. The number of benzene rings is 2. The highest BCUT2D eigenvalue weighted by atomic mass is 35.5. The van der Waals surface area contributed by atoms with E-state index in [1.165, 1.54) is 22.9 Å². The van der Waals surface area contributed by atoms with Crippen molar-refractivity contribution >= 4 is 17.5 Å². The molecule has 1 saturated heterocycles. The lowest BCUT2D eigenvalue weighted by Crippen LogP contribution is -2.44. The molecular weight excluding hydrogens is 447 g/mol. The Morgan fingerprint density at radius 1 is 1.18 bits per heavy atom. The Labute approximate surface area is 195 Å². The molecule has 1 amide bonds. The number of para-hydroxylation sites is 1. The molecule has 0 saturated carbocycles. The molecule has 9 heteroatoms. The number of rotatable bonds is 6. The van der Waals surface area contributed by atoms with Crippen molar-refractivity contribution in [3.63, 3.8) is 0 Å². The van der Waals surface area contributed by atoms with Gasteiger partial charge in [-0.1, -0.05) is 35.9 Å². The topological polar surface area (TPSA) is 76.5 Å². The first-order chi connectivity index (χ1) is 15.9. The number of aryl methyl sites for hydroxylation is 1. The van der Waals surface area contributed by atoms with Crippen molar-refractivity contribution in [2.24, 2.45) is 0 Å². The summed E-state index contributed by atoms with van der Waals surface area (Å²) < 4.78 is 20.4. The summed E-state index contributed by atoms with van der Waals surface area (Å²) in [5.74, 6) is -0.909. The number of hydrogen-bond acceptors (Lipinski definition) is 5. The van der Waals surface area contributed by atoms with Gasteiger partial charge in [0.15, 0.2) is 5.69 Å². The molecule has 0 spiro atoms. The van der Waals surface area contributed by atoms with Crippen molar-refractivity contribution in [2.75, 3.05) is 32.8 Å². The zero-order chi connectivity index (χ0) is 23.4. The molecule has 0 radical (unpaired) electrons. The highest BCUT2D eigenvalue weighted by molar-refractivity contribution is 6.32. The van der Waals surface area contributed by atoms with Crippen molar-refractivity contribution < 1.29 is 13.9 Å². The van der Waals surface area contributed by atoms with Gasteiger partial charge in [-0.15, -0.1) is 0 Å². The maximum Gasteiger partial charge on any atom is 0.275 e. The first kappa shape index (κ1) is 23.1. The van der Waals surface area contributed by atoms with Crippen LogP contribution in [0.5, 0.6) is 0 Å². The van der Waals surface area contributed by atoms with Gasteiger partial charge in [0.2, 0.25) is 5.43 Å². The fourth-order valence-corrected chi connectivity index (χ4v) is 4.09. The Hall–Kier alpha value is -3.07. The van der Waals surface area contributed by atoms with Crippen LogP contribution in [-0.4, -0.2) is 53.4 Å². The predicted octanol–water partition coefficient (Wildman–Crippen LogP) is 3.14. The van der Waals surface area contributed by atoms with Crippen LogP contribution in [0.15, 0.2) is 59.4 Å². The number of amides is 1. The van der Waals surface area contributed by atoms with Gasteiger partial charge in [-0.05, 0) is 36.8 Å². The summed E-state index contributed by atoms with van der Waals surface area (Å²) >= 11 is 6.29. The summed E-state index contributed by atoms with van der Waals surface area (Å²) in [5, 5.41) is 7.59. The molecule has 172 valence electrons. The first-order valence-corrected chi connectivity index (χ1v) is 11.0. The third kappa shape index (κ3) is 5.30. The second-order valence-corrected chi connectivity index (χ2v) is 8.19. The van der Waals surface area contributed by atoms with Gasteiger partial charge in [-0.3, -0.25) is 14.5 Å². The Morgan fingerprint density at radius 2 is 1.88 bits per heavy atom. The Bertz CT molecular complexity index is 1190. The lowest BCUT2D eigenvalue weighted by molar-refractivity contribution is 0.0162. The average Bonchev–Trinajstić information content (AvgIpc) is 2.82. The molecule has 1 aromatic heterocycles. The van der Waals surface area contributed by atoms with Gasteiger partial charge in [0.1, 0.15) is 5.82 Å². The standard InChI is InChI=1S/C24H24ClFN4O3/c1-16-14-22(31)23(28-30(16)20-5-3-2-4-19(20)25)24(32)27-15-21(29-10-12-33-13-11-29)17-6-8-18(26)9-7-17/h2-9,14,21H,10-13,15H2,1H3,(H,27,32). The summed E-state index contributed by atoms with van der Waals surface area (Å²) in [5.41, 5.74) is 1.30. The van der Waals surface area contributed by atoms with Crippen LogP contribution in [0.3, 0.4) is 0 Å². The van der Waals surface area contributed by atoms with E-state index in [0.717, 1.165) is 5.56 Å². The molecule has 2 heterocycles. The zero-order valence-electron chi connectivity index (χ0n) is 18.1. The highest BCUT2D eigenvalue weighted by Gasteiger charge is 2.24. The minimum absolute atomic E-state index is 0.199. The maximum absolute atomic E-state index is 13.5. The molecule has 2 aromatic carbocycles. The van der Waals surface area contributed by atoms with Gasteiger partial charge in [0.05, 0.1) is 30.0 Å². The molecule has 0 bridgehead atoms. The minimum atomic E-state index is -0.582. The van der Waals surface area contributed by atoms with Crippen molar-refractivity contribution in [2.45, 2.75) is 13.0 Å². The van der Waals surface area contributed by atoms with E-state index in [1.54, 1.807) is 43.3 Å². The van der Waals surface area contributed by atoms with Crippen LogP contribution in [0.2, 0.25) is 5.02 Å². The number of aromatic nitrogens is 2. The summed E-state index contributed by atoms with van der Waals surface area (Å²) in [4.78, 5) is 27.7. The zero-order valence-corrected chi connectivity index (χ0v) is 18.9. The molecule has 0 aliphatic carbocycles. The predicted molar refractivity (Wildman–Crippen MR) is 123 cm³/mol. The maximum atomic E-state index is 13.5. The molecule has 1 N–H and O–H groups in total. The fraction of sp³-hybridized carbons (Fsp3) is 0.292. The van der Waals surface area contributed by atoms with E-state index in [-0.39, 0.29) is 24.1 Å². The van der Waals surface area contributed by atoms with Gasteiger partial charge >= 0.3 is 0 Å². The van der Waals surface area contributed by atoms with Crippen molar-refractivity contribution in [3.05, 3.63) is 92.6 Å². The summed E-state index contributed by atoms with van der Waals surface area (Å²) in [6.45, 7) is 4.47. The van der Waals surface area contributed by atoms with Crippen LogP contribution in [0.25, 0.3) is 5.69 Å². The Kier molecular flexibility index (Phi) is 7.17. The van der Waals surface area contributed by atoms with Gasteiger partial charge in [-0.2, -0.15) is 5.10 Å². The molecular formula is C24H24ClFN4O3. The summed E-state index contributed by atoms with van der Waals surface area (Å²) in [6, 6.07) is 14.4. The van der Waals surface area contributed by atoms with E-state index < -0.39 is 11.3 Å². The number of ether oxygens (including phenoxy) is 1. The van der Waals surface area contributed by atoms with E-state index >= 15 is 0 Å². The minimum Gasteiger partial charge on any atom is -0.379 e. The molecule has 3 aromatic rings. The van der Waals surface area contributed by atoms with Crippen LogP contribution >= 0.6 is 11.6 Å². The van der Waals surface area contributed by atoms with E-state index in [4.69, 9.17) is 16.3 Å². The molecule has 1 aliphatic heterocycles. The van der Waals surface area contributed by atoms with Gasteiger partial charge in [0.25, 0.3) is 5.91 Å². The molecule has 1 unspecified atom stereocenters. The quantitative estimate of drug-likeness (QED) is 0.599. The molecule has 4 rings (SSSR count).